The molecule has 8 heteroatoms. The van der Waals surface area contributed by atoms with E-state index in [-0.39, 0.29) is 17.6 Å². The van der Waals surface area contributed by atoms with Crippen molar-refractivity contribution in [3.8, 4) is 5.75 Å². The smallest absolute Gasteiger partial charge is 0.387 e. The summed E-state index contributed by atoms with van der Waals surface area (Å²) in [7, 11) is 1.54. The summed E-state index contributed by atoms with van der Waals surface area (Å²) in [6.45, 7) is -3.33. The molecule has 1 aliphatic heterocycles. The summed E-state index contributed by atoms with van der Waals surface area (Å²) in [5.41, 5.74) is 6.71. The lowest BCUT2D eigenvalue weighted by molar-refractivity contribution is -0.129. The summed E-state index contributed by atoms with van der Waals surface area (Å²) >= 11 is 0. The molecule has 29 heavy (non-hydrogen) atoms. The zero-order chi connectivity index (χ0) is 21.0. The monoisotopic (exact) mass is 405 g/mol. The summed E-state index contributed by atoms with van der Waals surface area (Å²) < 4.78 is 41.7. The van der Waals surface area contributed by atoms with Crippen LogP contribution in [0.25, 0.3) is 0 Å². The largest absolute Gasteiger partial charge is 0.435 e. The van der Waals surface area contributed by atoms with Crippen LogP contribution in [0.4, 0.5) is 13.2 Å². The fourth-order valence-corrected chi connectivity index (χ4v) is 3.48. The number of unbranched alkanes of at least 4 members (excludes halogenated alkanes) is 1. The van der Waals surface area contributed by atoms with Crippen LogP contribution in [0.3, 0.4) is 0 Å². The van der Waals surface area contributed by atoms with E-state index in [0.717, 1.165) is 5.57 Å². The summed E-state index contributed by atoms with van der Waals surface area (Å²) in [4.78, 5) is 19.0. The van der Waals surface area contributed by atoms with Crippen LogP contribution >= 0.6 is 0 Å². The van der Waals surface area contributed by atoms with Gasteiger partial charge in [-0.25, -0.2) is 4.99 Å². The number of benzene rings is 1. The van der Waals surface area contributed by atoms with Gasteiger partial charge in [0.2, 0.25) is 0 Å². The average Bonchev–Trinajstić information content (AvgIpc) is 2.93. The molecule has 2 aliphatic rings. The molecule has 1 aromatic rings. The molecule has 1 heterocycles. The molecule has 5 nitrogen and oxygen atoms in total. The molecule has 2 N–H and O–H groups in total. The SMILES string of the molecule is CN1C(=O)[C@](C2=CC=CC(=CCCCF)C2)(c2ccc(OC(F)F)cc2)N=C1N. The maximum Gasteiger partial charge on any atom is 0.387 e. The van der Waals surface area contributed by atoms with Gasteiger partial charge in [0, 0.05) is 7.05 Å². The van der Waals surface area contributed by atoms with Gasteiger partial charge < -0.3 is 10.5 Å². The molecule has 0 saturated heterocycles. The number of amides is 1. The fraction of sp³-hybridized carbons (Fsp3) is 0.333. The van der Waals surface area contributed by atoms with Crippen LogP contribution in [0.15, 0.2) is 64.7 Å². The van der Waals surface area contributed by atoms with Crippen LogP contribution < -0.4 is 10.5 Å². The summed E-state index contributed by atoms with van der Waals surface area (Å²) in [5.74, 6) is -0.275. The second-order valence-corrected chi connectivity index (χ2v) is 6.79. The van der Waals surface area contributed by atoms with Crippen LogP contribution in [0.5, 0.6) is 5.75 Å². The number of guanidine groups is 1. The topological polar surface area (TPSA) is 67.9 Å². The van der Waals surface area contributed by atoms with Gasteiger partial charge >= 0.3 is 6.61 Å². The molecule has 0 saturated carbocycles. The Morgan fingerprint density at radius 1 is 1.34 bits per heavy atom. The first-order valence-electron chi connectivity index (χ1n) is 9.20. The number of nitrogens with two attached hydrogens (primary N) is 1. The maximum absolute atomic E-state index is 13.2. The summed E-state index contributed by atoms with van der Waals surface area (Å²) in [5, 5.41) is 0. The first-order chi connectivity index (χ1) is 13.9. The first-order valence-corrected chi connectivity index (χ1v) is 9.20. The number of aliphatic imine (C=N–C) groups is 1. The Kier molecular flexibility index (Phi) is 6.10. The zero-order valence-corrected chi connectivity index (χ0v) is 15.9. The van der Waals surface area contributed by atoms with Crippen molar-refractivity contribution in [1.82, 2.24) is 4.90 Å². The molecule has 0 bridgehead atoms. The van der Waals surface area contributed by atoms with Crippen molar-refractivity contribution >= 4 is 11.9 Å². The van der Waals surface area contributed by atoms with Crippen LogP contribution in [0.2, 0.25) is 0 Å². The Labute approximate surface area is 167 Å². The molecule has 1 atom stereocenters. The van der Waals surface area contributed by atoms with E-state index in [9.17, 15) is 18.0 Å². The van der Waals surface area contributed by atoms with E-state index in [4.69, 9.17) is 5.73 Å². The first kappa shape index (κ1) is 20.7. The van der Waals surface area contributed by atoms with Gasteiger partial charge in [-0.15, -0.1) is 0 Å². The van der Waals surface area contributed by atoms with E-state index >= 15 is 0 Å². The highest BCUT2D eigenvalue weighted by atomic mass is 19.3. The number of likely N-dealkylation sites (N-methyl/N-ethyl adjacent to an activating group) is 1. The van der Waals surface area contributed by atoms with E-state index in [2.05, 4.69) is 9.73 Å². The standard InChI is InChI=1S/C21H22F3N3O2/c1-27-18(28)21(26-20(27)25,15-8-10-17(11-9-15)29-19(23)24)16-7-4-6-14(13-16)5-2-3-12-22/h4-11,19H,2-3,12-13H2,1H3,(H2,25,26)/t21-/m1/s1. The number of carbonyl (C=O) groups excluding carboxylic acids is 1. The van der Waals surface area contributed by atoms with E-state index in [1.165, 1.54) is 36.2 Å². The van der Waals surface area contributed by atoms with Gasteiger partial charge in [0.05, 0.1) is 6.67 Å². The van der Waals surface area contributed by atoms with Crippen molar-refractivity contribution in [3.63, 3.8) is 0 Å². The number of alkyl halides is 3. The Hall–Kier alpha value is -3.03. The molecule has 0 spiro atoms. The van der Waals surface area contributed by atoms with E-state index in [1.54, 1.807) is 0 Å². The van der Waals surface area contributed by atoms with Gasteiger partial charge in [-0.2, -0.15) is 8.78 Å². The van der Waals surface area contributed by atoms with Crippen molar-refractivity contribution in [1.29, 1.82) is 0 Å². The lowest BCUT2D eigenvalue weighted by Crippen LogP contribution is -2.41. The predicted octanol–water partition coefficient (Wildman–Crippen LogP) is 3.83. The number of halogens is 3. The van der Waals surface area contributed by atoms with Gasteiger partial charge in [0.15, 0.2) is 11.5 Å². The van der Waals surface area contributed by atoms with E-state index < -0.39 is 18.8 Å². The number of nitrogens with zero attached hydrogens (tertiary/aromatic N) is 2. The van der Waals surface area contributed by atoms with Crippen molar-refractivity contribution < 1.29 is 22.7 Å². The highest BCUT2D eigenvalue weighted by molar-refractivity contribution is 6.09. The quantitative estimate of drug-likeness (QED) is 0.701. The number of ether oxygens (including phenoxy) is 1. The lowest BCUT2D eigenvalue weighted by atomic mass is 9.77. The van der Waals surface area contributed by atoms with Crippen LogP contribution in [0, 0.1) is 0 Å². The molecular weight excluding hydrogens is 383 g/mol. The summed E-state index contributed by atoms with van der Waals surface area (Å²) in [6, 6.07) is 5.82. The molecule has 1 aromatic carbocycles. The number of allylic oxidation sites excluding steroid dienone is 5. The Morgan fingerprint density at radius 2 is 2.07 bits per heavy atom. The normalized spacial score (nSPS) is 23.0. The van der Waals surface area contributed by atoms with Crippen molar-refractivity contribution in [3.05, 3.63) is 65.3 Å². The number of hydrogen-bond donors (Lipinski definition) is 1. The molecule has 0 aromatic heterocycles. The average molecular weight is 405 g/mol. The zero-order valence-electron chi connectivity index (χ0n) is 15.9. The minimum atomic E-state index is -2.94. The van der Waals surface area contributed by atoms with Crippen LogP contribution in [-0.2, 0) is 10.3 Å². The van der Waals surface area contributed by atoms with Crippen molar-refractivity contribution in [2.75, 3.05) is 13.7 Å². The maximum atomic E-state index is 13.2. The predicted molar refractivity (Wildman–Crippen MR) is 104 cm³/mol. The van der Waals surface area contributed by atoms with Crippen molar-refractivity contribution in [2.45, 2.75) is 31.4 Å². The van der Waals surface area contributed by atoms with E-state index in [0.29, 0.717) is 30.4 Å². The molecule has 0 unspecified atom stereocenters. The molecular formula is C21H22F3N3O2. The van der Waals surface area contributed by atoms with Crippen LogP contribution in [0.1, 0.15) is 24.8 Å². The summed E-state index contributed by atoms with van der Waals surface area (Å²) in [6.07, 6.45) is 8.93. The molecule has 1 amide bonds. The third kappa shape index (κ3) is 4.06. The number of rotatable bonds is 7. The molecule has 3 rings (SSSR count). The highest BCUT2D eigenvalue weighted by Gasteiger charge is 2.50. The number of hydrogen-bond acceptors (Lipinski definition) is 4. The molecule has 154 valence electrons. The highest BCUT2D eigenvalue weighted by Crippen LogP contribution is 2.43. The van der Waals surface area contributed by atoms with E-state index in [1.807, 2.05) is 24.3 Å². The minimum Gasteiger partial charge on any atom is -0.435 e. The lowest BCUT2D eigenvalue weighted by Gasteiger charge is -2.30. The Morgan fingerprint density at radius 3 is 2.66 bits per heavy atom. The van der Waals surface area contributed by atoms with Crippen LogP contribution in [-0.4, -0.2) is 37.1 Å². The van der Waals surface area contributed by atoms with Gasteiger partial charge in [-0.1, -0.05) is 36.4 Å². The molecule has 0 radical (unpaired) electrons. The van der Waals surface area contributed by atoms with Gasteiger partial charge in [0.25, 0.3) is 5.91 Å². The van der Waals surface area contributed by atoms with Gasteiger partial charge in [-0.05, 0) is 48.1 Å². The Balaban J connectivity index is 2.01. The second-order valence-electron chi connectivity index (χ2n) is 6.79. The minimum absolute atomic E-state index is 0.0148. The third-order valence-corrected chi connectivity index (χ3v) is 4.95. The van der Waals surface area contributed by atoms with Gasteiger partial charge in [0.1, 0.15) is 5.75 Å². The van der Waals surface area contributed by atoms with Crippen molar-refractivity contribution in [2.24, 2.45) is 10.7 Å². The Bertz CT molecular complexity index is 891. The fourth-order valence-electron chi connectivity index (χ4n) is 3.48. The molecule has 0 fully saturated rings. The number of carbonyl (C=O) groups is 1. The molecule has 1 aliphatic carbocycles. The second kappa shape index (κ2) is 8.55. The third-order valence-electron chi connectivity index (χ3n) is 4.95. The van der Waals surface area contributed by atoms with Gasteiger partial charge in [-0.3, -0.25) is 14.1 Å².